The fourth-order valence-electron chi connectivity index (χ4n) is 3.05. The van der Waals surface area contributed by atoms with Gasteiger partial charge in [0.25, 0.3) is 5.91 Å². The standard InChI is InChI=1S/C17H21N3O3/c21-13-9-12(10-13)15(8-11-4-2-1-3-5-11)18-17(23)14-6-7-16(22)20-19-14/h1-5,12-13,15,21H,6-10H2,(H,18,23)(H,20,22). The molecule has 1 aromatic carbocycles. The fourth-order valence-corrected chi connectivity index (χ4v) is 3.05. The van der Waals surface area contributed by atoms with E-state index in [2.05, 4.69) is 15.8 Å². The first-order valence-corrected chi connectivity index (χ1v) is 8.00. The van der Waals surface area contributed by atoms with Gasteiger partial charge in [-0.2, -0.15) is 5.10 Å². The first-order valence-electron chi connectivity index (χ1n) is 8.00. The summed E-state index contributed by atoms with van der Waals surface area (Å²) in [5.74, 6) is -0.121. The molecule has 1 aliphatic carbocycles. The first-order chi connectivity index (χ1) is 11.1. The summed E-state index contributed by atoms with van der Waals surface area (Å²) in [6, 6.07) is 9.95. The molecule has 1 fully saturated rings. The van der Waals surface area contributed by atoms with Crippen LogP contribution in [0.3, 0.4) is 0 Å². The smallest absolute Gasteiger partial charge is 0.267 e. The zero-order chi connectivity index (χ0) is 16.2. The minimum absolute atomic E-state index is 0.0337. The highest BCUT2D eigenvalue weighted by Crippen LogP contribution is 2.31. The number of hydrogen-bond donors (Lipinski definition) is 3. The van der Waals surface area contributed by atoms with Crippen LogP contribution in [0.25, 0.3) is 0 Å². The number of hydrogen-bond acceptors (Lipinski definition) is 4. The van der Waals surface area contributed by atoms with Crippen molar-refractivity contribution >= 4 is 17.5 Å². The Labute approximate surface area is 135 Å². The van der Waals surface area contributed by atoms with Gasteiger partial charge in [-0.15, -0.1) is 0 Å². The van der Waals surface area contributed by atoms with Crippen molar-refractivity contribution in [2.45, 2.75) is 44.2 Å². The molecule has 122 valence electrons. The molecule has 0 spiro atoms. The van der Waals surface area contributed by atoms with Crippen LogP contribution in [0.2, 0.25) is 0 Å². The second kappa shape index (κ2) is 6.91. The number of nitrogens with one attached hydrogen (secondary N) is 2. The number of carbonyl (C=O) groups is 2. The minimum atomic E-state index is -0.263. The van der Waals surface area contributed by atoms with Gasteiger partial charge >= 0.3 is 0 Å². The molecule has 1 atom stereocenters. The van der Waals surface area contributed by atoms with Crippen molar-refractivity contribution in [2.75, 3.05) is 0 Å². The Morgan fingerprint density at radius 3 is 2.65 bits per heavy atom. The molecule has 2 aliphatic rings. The molecule has 23 heavy (non-hydrogen) atoms. The molecule has 1 aliphatic heterocycles. The average Bonchev–Trinajstić information content (AvgIpc) is 2.53. The zero-order valence-corrected chi connectivity index (χ0v) is 12.9. The zero-order valence-electron chi connectivity index (χ0n) is 12.9. The number of aliphatic hydroxyl groups excluding tert-OH is 1. The third kappa shape index (κ3) is 3.96. The SMILES string of the molecule is O=C1CCC(C(=O)NC(Cc2ccccc2)C2CC(O)C2)=NN1. The fraction of sp³-hybridized carbons (Fsp3) is 0.471. The van der Waals surface area contributed by atoms with Gasteiger partial charge in [-0.3, -0.25) is 9.59 Å². The number of hydrazone groups is 1. The molecular formula is C17H21N3O3. The number of nitrogens with zero attached hydrogens (tertiary/aromatic N) is 1. The predicted molar refractivity (Wildman–Crippen MR) is 85.6 cm³/mol. The van der Waals surface area contributed by atoms with Crippen molar-refractivity contribution in [2.24, 2.45) is 11.0 Å². The van der Waals surface area contributed by atoms with Gasteiger partial charge < -0.3 is 10.4 Å². The van der Waals surface area contributed by atoms with Gasteiger partial charge in [0.2, 0.25) is 5.91 Å². The maximum atomic E-state index is 12.4. The van der Waals surface area contributed by atoms with Gasteiger partial charge in [0.05, 0.1) is 6.10 Å². The number of amides is 2. The lowest BCUT2D eigenvalue weighted by atomic mass is 9.75. The molecule has 1 saturated carbocycles. The van der Waals surface area contributed by atoms with Crippen LogP contribution in [0.15, 0.2) is 35.4 Å². The summed E-state index contributed by atoms with van der Waals surface area (Å²) in [5.41, 5.74) is 3.86. The topological polar surface area (TPSA) is 90.8 Å². The Morgan fingerprint density at radius 1 is 1.30 bits per heavy atom. The monoisotopic (exact) mass is 315 g/mol. The van der Waals surface area contributed by atoms with Crippen molar-refractivity contribution in [3.8, 4) is 0 Å². The van der Waals surface area contributed by atoms with Crippen LogP contribution in [0.5, 0.6) is 0 Å². The summed E-state index contributed by atoms with van der Waals surface area (Å²) in [6.45, 7) is 0. The lowest BCUT2D eigenvalue weighted by Crippen LogP contribution is -2.50. The maximum Gasteiger partial charge on any atom is 0.267 e. The van der Waals surface area contributed by atoms with E-state index < -0.39 is 0 Å². The summed E-state index contributed by atoms with van der Waals surface area (Å²) < 4.78 is 0. The van der Waals surface area contributed by atoms with Crippen LogP contribution >= 0.6 is 0 Å². The van der Waals surface area contributed by atoms with Crippen LogP contribution in [0.4, 0.5) is 0 Å². The Balaban J connectivity index is 1.66. The number of benzene rings is 1. The highest BCUT2D eigenvalue weighted by atomic mass is 16.3. The van der Waals surface area contributed by atoms with E-state index in [1.807, 2.05) is 30.3 Å². The molecule has 3 N–H and O–H groups in total. The third-order valence-corrected chi connectivity index (χ3v) is 4.50. The van der Waals surface area contributed by atoms with Crippen LogP contribution in [0.1, 0.15) is 31.2 Å². The van der Waals surface area contributed by atoms with E-state index in [0.717, 1.165) is 12.0 Å². The van der Waals surface area contributed by atoms with Crippen molar-refractivity contribution < 1.29 is 14.7 Å². The molecule has 0 saturated heterocycles. The molecule has 6 heteroatoms. The van der Waals surface area contributed by atoms with Crippen molar-refractivity contribution in [1.82, 2.24) is 10.7 Å². The van der Waals surface area contributed by atoms with Gasteiger partial charge in [0.15, 0.2) is 0 Å². The van der Waals surface area contributed by atoms with E-state index in [1.54, 1.807) is 0 Å². The summed E-state index contributed by atoms with van der Waals surface area (Å²) in [7, 11) is 0. The lowest BCUT2D eigenvalue weighted by Gasteiger charge is -2.38. The summed E-state index contributed by atoms with van der Waals surface area (Å²) in [5, 5.41) is 16.4. The molecule has 0 bridgehead atoms. The Kier molecular flexibility index (Phi) is 4.71. The molecule has 1 aromatic rings. The van der Waals surface area contributed by atoms with Gasteiger partial charge in [-0.05, 0) is 30.7 Å². The van der Waals surface area contributed by atoms with Crippen LogP contribution < -0.4 is 10.7 Å². The molecule has 2 amide bonds. The van der Waals surface area contributed by atoms with E-state index in [4.69, 9.17) is 0 Å². The molecule has 1 unspecified atom stereocenters. The van der Waals surface area contributed by atoms with E-state index >= 15 is 0 Å². The summed E-state index contributed by atoms with van der Waals surface area (Å²) in [6.07, 6.45) is 2.54. The molecular weight excluding hydrogens is 294 g/mol. The largest absolute Gasteiger partial charge is 0.393 e. The van der Waals surface area contributed by atoms with Crippen molar-refractivity contribution in [1.29, 1.82) is 0 Å². The highest BCUT2D eigenvalue weighted by molar-refractivity contribution is 6.39. The van der Waals surface area contributed by atoms with Crippen LogP contribution in [-0.4, -0.2) is 34.8 Å². The Morgan fingerprint density at radius 2 is 2.04 bits per heavy atom. The molecule has 6 nitrogen and oxygen atoms in total. The normalized spacial score (nSPS) is 24.9. The van der Waals surface area contributed by atoms with Crippen LogP contribution in [0, 0.1) is 5.92 Å². The number of aliphatic hydroxyl groups is 1. The van der Waals surface area contributed by atoms with Crippen LogP contribution in [-0.2, 0) is 16.0 Å². The number of carbonyl (C=O) groups excluding carboxylic acids is 2. The Hall–Kier alpha value is -2.21. The van der Waals surface area contributed by atoms with Gasteiger partial charge in [-0.25, -0.2) is 5.43 Å². The molecule has 0 radical (unpaired) electrons. The van der Waals surface area contributed by atoms with Gasteiger partial charge in [-0.1, -0.05) is 30.3 Å². The second-order valence-electron chi connectivity index (χ2n) is 6.25. The second-order valence-corrected chi connectivity index (χ2v) is 6.25. The summed E-state index contributed by atoms with van der Waals surface area (Å²) >= 11 is 0. The highest BCUT2D eigenvalue weighted by Gasteiger charge is 2.35. The van der Waals surface area contributed by atoms with E-state index in [1.165, 1.54) is 0 Å². The van der Waals surface area contributed by atoms with Crippen molar-refractivity contribution in [3.63, 3.8) is 0 Å². The van der Waals surface area contributed by atoms with E-state index in [0.29, 0.717) is 25.0 Å². The maximum absolute atomic E-state index is 12.4. The third-order valence-electron chi connectivity index (χ3n) is 4.50. The molecule has 3 rings (SSSR count). The van der Waals surface area contributed by atoms with Crippen molar-refractivity contribution in [3.05, 3.63) is 35.9 Å². The van der Waals surface area contributed by atoms with E-state index in [-0.39, 0.29) is 36.3 Å². The van der Waals surface area contributed by atoms with E-state index in [9.17, 15) is 14.7 Å². The first kappa shape index (κ1) is 15.7. The molecule has 1 heterocycles. The molecule has 0 aromatic heterocycles. The van der Waals surface area contributed by atoms with Gasteiger partial charge in [0.1, 0.15) is 5.71 Å². The van der Waals surface area contributed by atoms with Gasteiger partial charge in [0, 0.05) is 18.9 Å². The summed E-state index contributed by atoms with van der Waals surface area (Å²) in [4.78, 5) is 23.5. The lowest BCUT2D eigenvalue weighted by molar-refractivity contribution is -0.121. The average molecular weight is 315 g/mol. The Bertz CT molecular complexity index is 609. The predicted octanol–water partition coefficient (Wildman–Crippen LogP) is 0.751. The minimum Gasteiger partial charge on any atom is -0.393 e. The quantitative estimate of drug-likeness (QED) is 0.749. The number of rotatable bonds is 5.